The number of aromatic nitrogens is 2. The summed E-state index contributed by atoms with van der Waals surface area (Å²) in [6, 6.07) is 0. The third-order valence-corrected chi connectivity index (χ3v) is 3.38. The van der Waals surface area contributed by atoms with Gasteiger partial charge in [-0.3, -0.25) is 18.9 Å². The molecule has 22 heavy (non-hydrogen) atoms. The summed E-state index contributed by atoms with van der Waals surface area (Å²) in [5, 5.41) is 9.59. The summed E-state index contributed by atoms with van der Waals surface area (Å²) in [6.07, 6.45) is -6.99. The molecule has 1 saturated heterocycles. The predicted molar refractivity (Wildman–Crippen MR) is 64.1 cm³/mol. The van der Waals surface area contributed by atoms with Gasteiger partial charge in [-0.05, 0) is 0 Å². The van der Waals surface area contributed by atoms with E-state index in [-0.39, 0.29) is 0 Å². The molecule has 13 heteroatoms. The van der Waals surface area contributed by atoms with Crippen LogP contribution >= 0.6 is 7.82 Å². The van der Waals surface area contributed by atoms with Crippen molar-refractivity contribution >= 4 is 7.82 Å². The zero-order valence-electron chi connectivity index (χ0n) is 10.6. The molecular weight excluding hydrogens is 333 g/mol. The van der Waals surface area contributed by atoms with Crippen molar-refractivity contribution < 1.29 is 37.5 Å². The van der Waals surface area contributed by atoms with Crippen LogP contribution in [0.3, 0.4) is 0 Å². The van der Waals surface area contributed by atoms with Gasteiger partial charge in [0.15, 0.2) is 12.4 Å². The molecule has 0 unspecified atom stereocenters. The topological polar surface area (TPSA) is 151 Å². The SMILES string of the molecule is O=c1[nH]c(=O)n([C@@H]2O[C@H](COP(=O)(O)O)[C@@H](O)[C@@H]2F)cc1F. The predicted octanol–water partition coefficient (Wildman–Crippen LogP) is -1.62. The maximum absolute atomic E-state index is 14.0. The Hall–Kier alpha value is -1.43. The number of aliphatic hydroxyl groups is 1. The van der Waals surface area contributed by atoms with E-state index >= 15 is 0 Å². The summed E-state index contributed by atoms with van der Waals surface area (Å²) in [5.41, 5.74) is -2.49. The van der Waals surface area contributed by atoms with Gasteiger partial charge in [0.1, 0.15) is 12.2 Å². The fraction of sp³-hybridized carbons (Fsp3) is 0.556. The first-order valence-corrected chi connectivity index (χ1v) is 7.32. The lowest BCUT2D eigenvalue weighted by atomic mass is 10.1. The maximum atomic E-state index is 14.0. The Kier molecular flexibility index (Phi) is 4.61. The van der Waals surface area contributed by atoms with Crippen LogP contribution in [-0.4, -0.2) is 49.4 Å². The molecule has 0 aromatic carbocycles. The van der Waals surface area contributed by atoms with E-state index in [0.717, 1.165) is 0 Å². The highest BCUT2D eigenvalue weighted by atomic mass is 31.2. The number of hydrogen-bond donors (Lipinski definition) is 4. The van der Waals surface area contributed by atoms with Crippen molar-refractivity contribution in [1.82, 2.24) is 9.55 Å². The summed E-state index contributed by atoms with van der Waals surface area (Å²) < 4.78 is 47.1. The smallest absolute Gasteiger partial charge is 0.387 e. The molecule has 0 amide bonds. The van der Waals surface area contributed by atoms with E-state index in [1.165, 1.54) is 0 Å². The fourth-order valence-electron chi connectivity index (χ4n) is 1.89. The Balaban J connectivity index is 2.23. The van der Waals surface area contributed by atoms with Crippen LogP contribution in [0.2, 0.25) is 0 Å². The van der Waals surface area contributed by atoms with E-state index in [1.54, 1.807) is 4.98 Å². The number of phosphoric ester groups is 1. The molecule has 0 aliphatic carbocycles. The maximum Gasteiger partial charge on any atom is 0.469 e. The van der Waals surface area contributed by atoms with Crippen molar-refractivity contribution in [3.8, 4) is 0 Å². The van der Waals surface area contributed by atoms with E-state index in [2.05, 4.69) is 4.52 Å². The van der Waals surface area contributed by atoms with Gasteiger partial charge in [-0.2, -0.15) is 4.39 Å². The minimum absolute atomic E-state index is 0.377. The molecular formula is C9H11F2N2O8P. The number of H-pyrrole nitrogens is 1. The Bertz CT molecular complexity index is 714. The lowest BCUT2D eigenvalue weighted by Gasteiger charge is -2.16. The molecule has 124 valence electrons. The number of hydrogen-bond acceptors (Lipinski definition) is 6. The highest BCUT2D eigenvalue weighted by Crippen LogP contribution is 2.38. The summed E-state index contributed by atoms with van der Waals surface area (Å²) in [5.74, 6) is -1.38. The van der Waals surface area contributed by atoms with Crippen molar-refractivity contribution in [2.24, 2.45) is 0 Å². The van der Waals surface area contributed by atoms with E-state index in [4.69, 9.17) is 14.5 Å². The number of ether oxygens (including phenoxy) is 1. The molecule has 1 aliphatic rings. The van der Waals surface area contributed by atoms with Gasteiger partial charge in [0.25, 0.3) is 5.56 Å². The molecule has 10 nitrogen and oxygen atoms in total. The fourth-order valence-corrected chi connectivity index (χ4v) is 2.23. The normalized spacial score (nSPS) is 29.0. The van der Waals surface area contributed by atoms with Crippen molar-refractivity contribution in [1.29, 1.82) is 0 Å². The van der Waals surface area contributed by atoms with Crippen molar-refractivity contribution in [2.75, 3.05) is 6.61 Å². The van der Waals surface area contributed by atoms with Crippen LogP contribution in [0.4, 0.5) is 8.78 Å². The van der Waals surface area contributed by atoms with Crippen molar-refractivity contribution in [3.05, 3.63) is 32.9 Å². The van der Waals surface area contributed by atoms with Gasteiger partial charge in [0.05, 0.1) is 12.8 Å². The first-order chi connectivity index (χ1) is 10.1. The van der Waals surface area contributed by atoms with Gasteiger partial charge in [-0.15, -0.1) is 0 Å². The lowest BCUT2D eigenvalue weighted by molar-refractivity contribution is -0.0486. The third kappa shape index (κ3) is 3.48. The molecule has 2 heterocycles. The Morgan fingerprint density at radius 2 is 2.09 bits per heavy atom. The summed E-state index contributed by atoms with van der Waals surface area (Å²) >= 11 is 0. The molecule has 0 saturated carbocycles. The number of nitrogens with zero attached hydrogens (tertiary/aromatic N) is 1. The van der Waals surface area contributed by atoms with Gasteiger partial charge in [0, 0.05) is 0 Å². The molecule has 1 aliphatic heterocycles. The quantitative estimate of drug-likeness (QED) is 0.476. The van der Waals surface area contributed by atoms with Gasteiger partial charge >= 0.3 is 13.5 Å². The van der Waals surface area contributed by atoms with E-state index in [0.29, 0.717) is 10.8 Å². The number of aliphatic hydroxyl groups excluding tert-OH is 1. The first-order valence-electron chi connectivity index (χ1n) is 5.79. The third-order valence-electron chi connectivity index (χ3n) is 2.90. The van der Waals surface area contributed by atoms with Crippen LogP contribution < -0.4 is 11.2 Å². The number of aromatic amines is 1. The number of rotatable bonds is 4. The molecule has 2 rings (SSSR count). The van der Waals surface area contributed by atoms with E-state index in [1.807, 2.05) is 0 Å². The first kappa shape index (κ1) is 16.9. The summed E-state index contributed by atoms with van der Waals surface area (Å²) in [6.45, 7) is -0.858. The molecule has 1 aromatic rings. The second-order valence-corrected chi connectivity index (χ2v) is 5.67. The van der Waals surface area contributed by atoms with Gasteiger partial charge in [-0.1, -0.05) is 0 Å². The lowest BCUT2D eigenvalue weighted by Crippen LogP contribution is -2.37. The van der Waals surface area contributed by atoms with Crippen LogP contribution in [0.1, 0.15) is 6.23 Å². The summed E-state index contributed by atoms with van der Waals surface area (Å²) in [4.78, 5) is 41.1. The van der Waals surface area contributed by atoms with Crippen LogP contribution in [-0.2, 0) is 13.8 Å². The second-order valence-electron chi connectivity index (χ2n) is 4.43. The Morgan fingerprint density at radius 3 is 2.68 bits per heavy atom. The zero-order chi connectivity index (χ0) is 16.7. The standard InChI is InChI=1S/C9H11F2N2O8P/c10-3-1-13(9(16)12-7(3)15)8-5(11)6(14)4(21-8)2-20-22(17,18)19/h1,4-6,8,14H,2H2,(H,12,15,16)(H2,17,18,19)/t4-,5+,6-,8-/m1/s1. The van der Waals surface area contributed by atoms with E-state index < -0.39 is 56.1 Å². The minimum atomic E-state index is -4.87. The number of nitrogens with one attached hydrogen (secondary N) is 1. The highest BCUT2D eigenvalue weighted by Gasteiger charge is 2.46. The molecule has 0 radical (unpaired) electrons. The van der Waals surface area contributed by atoms with Crippen LogP contribution in [0, 0.1) is 5.82 Å². The van der Waals surface area contributed by atoms with Crippen molar-refractivity contribution in [2.45, 2.75) is 24.6 Å². The Labute approximate surface area is 120 Å². The van der Waals surface area contributed by atoms with Crippen LogP contribution in [0.25, 0.3) is 0 Å². The Morgan fingerprint density at radius 1 is 1.45 bits per heavy atom. The number of phosphoric acid groups is 1. The second kappa shape index (κ2) is 5.99. The average Bonchev–Trinajstić information content (AvgIpc) is 2.68. The molecule has 1 fully saturated rings. The number of alkyl halides is 1. The molecule has 1 aromatic heterocycles. The van der Waals surface area contributed by atoms with Crippen LogP contribution in [0.15, 0.2) is 15.8 Å². The van der Waals surface area contributed by atoms with Crippen molar-refractivity contribution in [3.63, 3.8) is 0 Å². The van der Waals surface area contributed by atoms with Crippen LogP contribution in [0.5, 0.6) is 0 Å². The van der Waals surface area contributed by atoms with Gasteiger partial charge < -0.3 is 19.6 Å². The zero-order valence-corrected chi connectivity index (χ0v) is 11.5. The molecule has 4 atom stereocenters. The minimum Gasteiger partial charge on any atom is -0.387 e. The largest absolute Gasteiger partial charge is 0.469 e. The average molecular weight is 344 g/mol. The highest BCUT2D eigenvalue weighted by molar-refractivity contribution is 7.46. The van der Waals surface area contributed by atoms with E-state index in [9.17, 15) is 28.0 Å². The molecule has 0 spiro atoms. The van der Waals surface area contributed by atoms with Gasteiger partial charge in [0.2, 0.25) is 5.82 Å². The van der Waals surface area contributed by atoms with Gasteiger partial charge in [-0.25, -0.2) is 13.8 Å². The molecule has 0 bridgehead atoms. The summed E-state index contributed by atoms with van der Waals surface area (Å²) in [7, 11) is -4.87. The number of halogens is 2. The molecule has 4 N–H and O–H groups in total. The monoisotopic (exact) mass is 344 g/mol.